The number of para-hydroxylation sites is 1. The van der Waals surface area contributed by atoms with Gasteiger partial charge in [-0.1, -0.05) is 60.7 Å². The number of amides is 1. The van der Waals surface area contributed by atoms with Crippen molar-refractivity contribution < 1.29 is 9.53 Å². The van der Waals surface area contributed by atoms with E-state index in [0.29, 0.717) is 26.2 Å². The third kappa shape index (κ3) is 4.94. The van der Waals surface area contributed by atoms with Crippen LogP contribution in [0, 0.1) is 6.92 Å². The van der Waals surface area contributed by atoms with Gasteiger partial charge in [-0.05, 0) is 47.9 Å². The normalized spacial score (nSPS) is 13.8. The second-order valence-electron chi connectivity index (χ2n) is 9.88. The number of carbonyl (C=O) groups is 1. The zero-order chi connectivity index (χ0) is 27.5. The first kappa shape index (κ1) is 25.4. The minimum atomic E-state index is 0.0129. The Bertz CT molecular complexity index is 1670. The van der Waals surface area contributed by atoms with Gasteiger partial charge in [-0.3, -0.25) is 4.79 Å². The number of nitrogens with zero attached hydrogens (tertiary/aromatic N) is 5. The van der Waals surface area contributed by atoms with E-state index in [1.807, 2.05) is 41.3 Å². The largest absolute Gasteiger partial charge is 0.497 e. The average molecular weight is 530 g/mol. The van der Waals surface area contributed by atoms with E-state index in [1.165, 1.54) is 5.56 Å². The van der Waals surface area contributed by atoms with Gasteiger partial charge in [0.1, 0.15) is 17.9 Å². The molecule has 0 N–H and O–H groups in total. The molecule has 3 aromatic carbocycles. The number of ether oxygens (including phenoxy) is 1. The molecule has 7 heteroatoms. The minimum absolute atomic E-state index is 0.0129. The van der Waals surface area contributed by atoms with Crippen LogP contribution in [-0.2, 0) is 4.79 Å². The van der Waals surface area contributed by atoms with Gasteiger partial charge in [0.15, 0.2) is 5.65 Å². The lowest BCUT2D eigenvalue weighted by molar-refractivity contribution is -0.126. The van der Waals surface area contributed by atoms with Gasteiger partial charge in [-0.25, -0.2) is 9.97 Å². The zero-order valence-electron chi connectivity index (χ0n) is 22.7. The first-order valence-electron chi connectivity index (χ1n) is 13.5. The highest BCUT2D eigenvalue weighted by Crippen LogP contribution is 2.37. The van der Waals surface area contributed by atoms with Crippen LogP contribution >= 0.6 is 0 Å². The Morgan fingerprint density at radius 3 is 2.33 bits per heavy atom. The van der Waals surface area contributed by atoms with Crippen molar-refractivity contribution in [2.45, 2.75) is 6.92 Å². The summed E-state index contributed by atoms with van der Waals surface area (Å²) in [4.78, 5) is 26.6. The van der Waals surface area contributed by atoms with Crippen molar-refractivity contribution in [3.05, 3.63) is 109 Å². The predicted octanol–water partition coefficient (Wildman–Crippen LogP) is 5.77. The first-order valence-corrected chi connectivity index (χ1v) is 13.5. The number of piperazine rings is 1. The third-order valence-electron chi connectivity index (χ3n) is 7.45. The second kappa shape index (κ2) is 11.1. The maximum absolute atomic E-state index is 12.9. The molecule has 0 unspecified atom stereocenters. The van der Waals surface area contributed by atoms with Gasteiger partial charge in [-0.15, -0.1) is 0 Å². The van der Waals surface area contributed by atoms with Crippen molar-refractivity contribution in [3.8, 4) is 22.6 Å². The van der Waals surface area contributed by atoms with Crippen molar-refractivity contribution >= 4 is 28.8 Å². The molecule has 1 saturated heterocycles. The first-order chi connectivity index (χ1) is 19.6. The zero-order valence-corrected chi connectivity index (χ0v) is 22.7. The Morgan fingerprint density at radius 1 is 0.875 bits per heavy atom. The van der Waals surface area contributed by atoms with Crippen LogP contribution in [0.15, 0.2) is 97.5 Å². The second-order valence-corrected chi connectivity index (χ2v) is 9.88. The van der Waals surface area contributed by atoms with E-state index in [0.717, 1.165) is 45.0 Å². The van der Waals surface area contributed by atoms with Crippen molar-refractivity contribution in [2.75, 3.05) is 38.2 Å². The molecule has 0 saturated carbocycles. The lowest BCUT2D eigenvalue weighted by atomic mass is 10.1. The summed E-state index contributed by atoms with van der Waals surface area (Å²) in [5, 5.41) is 1.02. The molecule has 0 bridgehead atoms. The maximum atomic E-state index is 12.9. The molecule has 0 spiro atoms. The van der Waals surface area contributed by atoms with Crippen LogP contribution < -0.4 is 9.64 Å². The summed E-state index contributed by atoms with van der Waals surface area (Å²) in [5.41, 5.74) is 6.32. The molecular weight excluding hydrogens is 498 g/mol. The van der Waals surface area contributed by atoms with Crippen LogP contribution in [0.25, 0.3) is 33.9 Å². The van der Waals surface area contributed by atoms with Crippen molar-refractivity contribution in [2.24, 2.45) is 0 Å². The van der Waals surface area contributed by atoms with E-state index in [9.17, 15) is 4.79 Å². The SMILES string of the molecule is COc1ccc(/C=C/C(=O)N2CCN(c3ncnc4c3c(-c3ccccc3)cn4-c3ccccc3C)CC2)cc1. The van der Waals surface area contributed by atoms with Crippen LogP contribution in [-0.4, -0.2) is 58.6 Å². The molecule has 0 atom stereocenters. The molecule has 3 heterocycles. The van der Waals surface area contributed by atoms with Crippen molar-refractivity contribution in [1.29, 1.82) is 0 Å². The molecule has 1 amide bonds. The van der Waals surface area contributed by atoms with Crippen LogP contribution in [0.5, 0.6) is 5.75 Å². The minimum Gasteiger partial charge on any atom is -0.497 e. The predicted molar refractivity (Wildman–Crippen MR) is 160 cm³/mol. The standard InChI is InChI=1S/C33H31N5O2/c1-24-8-6-7-11-29(24)38-22-28(26-9-4-3-5-10-26)31-32(34-23-35-33(31)38)37-20-18-36(19-21-37)30(39)17-14-25-12-15-27(40-2)16-13-25/h3-17,22-23H,18-21H2,1-2H3/b17-14+. The summed E-state index contributed by atoms with van der Waals surface area (Å²) in [6.45, 7) is 4.74. The van der Waals surface area contributed by atoms with E-state index < -0.39 is 0 Å². The molecule has 1 fully saturated rings. The van der Waals surface area contributed by atoms with E-state index >= 15 is 0 Å². The number of carbonyl (C=O) groups excluding carboxylic acids is 1. The van der Waals surface area contributed by atoms with Gasteiger partial charge in [-0.2, -0.15) is 0 Å². The summed E-state index contributed by atoms with van der Waals surface area (Å²) in [6.07, 6.45) is 7.32. The number of hydrogen-bond donors (Lipinski definition) is 0. The van der Waals surface area contributed by atoms with Crippen molar-refractivity contribution in [3.63, 3.8) is 0 Å². The Balaban J connectivity index is 1.28. The molecule has 200 valence electrons. The van der Waals surface area contributed by atoms with Gasteiger partial charge < -0.3 is 19.1 Å². The lowest BCUT2D eigenvalue weighted by Crippen LogP contribution is -2.48. The number of benzene rings is 3. The van der Waals surface area contributed by atoms with Gasteiger partial charge >= 0.3 is 0 Å². The monoisotopic (exact) mass is 529 g/mol. The topological polar surface area (TPSA) is 63.5 Å². The Hall–Kier alpha value is -4.91. The van der Waals surface area contributed by atoms with Gasteiger partial charge in [0.05, 0.1) is 12.5 Å². The maximum Gasteiger partial charge on any atom is 0.246 e. The summed E-state index contributed by atoms with van der Waals surface area (Å²) in [7, 11) is 1.64. The highest BCUT2D eigenvalue weighted by Gasteiger charge is 2.25. The summed E-state index contributed by atoms with van der Waals surface area (Å²) >= 11 is 0. The van der Waals surface area contributed by atoms with Crippen LogP contribution in [0.3, 0.4) is 0 Å². The molecule has 5 aromatic rings. The van der Waals surface area contributed by atoms with E-state index in [1.54, 1.807) is 19.5 Å². The number of fused-ring (bicyclic) bond motifs is 1. The highest BCUT2D eigenvalue weighted by molar-refractivity contribution is 6.02. The van der Waals surface area contributed by atoms with Gasteiger partial charge in [0.25, 0.3) is 0 Å². The van der Waals surface area contributed by atoms with Gasteiger partial charge in [0, 0.05) is 49.7 Å². The lowest BCUT2D eigenvalue weighted by Gasteiger charge is -2.35. The molecule has 1 aliphatic rings. The Morgan fingerprint density at radius 2 is 1.60 bits per heavy atom. The molecule has 40 heavy (non-hydrogen) atoms. The molecule has 7 nitrogen and oxygen atoms in total. The number of methoxy groups -OCH3 is 1. The smallest absolute Gasteiger partial charge is 0.246 e. The van der Waals surface area contributed by atoms with E-state index in [4.69, 9.17) is 14.7 Å². The molecular formula is C33H31N5O2. The van der Waals surface area contributed by atoms with Crippen LogP contribution in [0.2, 0.25) is 0 Å². The number of aryl methyl sites for hydroxylation is 1. The molecule has 6 rings (SSSR count). The fraction of sp³-hybridized carbons (Fsp3) is 0.182. The summed E-state index contributed by atoms with van der Waals surface area (Å²) < 4.78 is 7.38. The highest BCUT2D eigenvalue weighted by atomic mass is 16.5. The average Bonchev–Trinajstić information content (AvgIpc) is 3.40. The fourth-order valence-corrected chi connectivity index (χ4v) is 5.27. The van der Waals surface area contributed by atoms with E-state index in [2.05, 4.69) is 71.1 Å². The summed E-state index contributed by atoms with van der Waals surface area (Å²) in [6, 6.07) is 26.4. The fourth-order valence-electron chi connectivity index (χ4n) is 5.27. The van der Waals surface area contributed by atoms with Gasteiger partial charge in [0.2, 0.25) is 5.91 Å². The molecule has 0 radical (unpaired) electrons. The molecule has 0 aliphatic carbocycles. The Labute approximate surface area is 234 Å². The van der Waals surface area contributed by atoms with Crippen LogP contribution in [0.1, 0.15) is 11.1 Å². The number of aromatic nitrogens is 3. The molecule has 2 aromatic heterocycles. The summed E-state index contributed by atoms with van der Waals surface area (Å²) in [5.74, 6) is 1.71. The van der Waals surface area contributed by atoms with Crippen LogP contribution in [0.4, 0.5) is 5.82 Å². The molecule has 1 aliphatic heterocycles. The number of hydrogen-bond acceptors (Lipinski definition) is 5. The van der Waals surface area contributed by atoms with E-state index in [-0.39, 0.29) is 5.91 Å². The third-order valence-corrected chi connectivity index (χ3v) is 7.45. The van der Waals surface area contributed by atoms with Crippen molar-refractivity contribution in [1.82, 2.24) is 19.4 Å². The number of rotatable bonds is 6. The number of anilines is 1. The Kier molecular flexibility index (Phi) is 7.02. The quantitative estimate of drug-likeness (QED) is 0.262.